The molecule has 0 spiro atoms. The smallest absolute Gasteiger partial charge is 0.155 e. The first-order valence-corrected chi connectivity index (χ1v) is 11.0. The fourth-order valence-corrected chi connectivity index (χ4v) is 4.08. The second-order valence-corrected chi connectivity index (χ2v) is 8.03. The lowest BCUT2D eigenvalue weighted by Gasteiger charge is -2.14. The molecule has 2 rings (SSSR count). The minimum Gasteiger partial charge on any atom is -0.300 e. The highest BCUT2D eigenvalue weighted by molar-refractivity contribution is 5.89. The first kappa shape index (κ1) is 22.5. The second-order valence-electron chi connectivity index (χ2n) is 8.03. The summed E-state index contributed by atoms with van der Waals surface area (Å²) >= 11 is 0. The molecule has 2 aliphatic carbocycles. The summed E-state index contributed by atoms with van der Waals surface area (Å²) in [6.45, 7) is 1.92. The number of hydrogen-bond acceptors (Lipinski definition) is 2. The Kier molecular flexibility index (Phi) is 10.2. The van der Waals surface area contributed by atoms with Crippen molar-refractivity contribution in [1.82, 2.24) is 0 Å². The van der Waals surface area contributed by atoms with Gasteiger partial charge in [0.25, 0.3) is 0 Å². The molecular weight excluding hydrogens is 351 g/mol. The predicted octanol–water partition coefficient (Wildman–Crippen LogP) is 6.98. The van der Waals surface area contributed by atoms with E-state index in [0.29, 0.717) is 48.9 Å². The molecule has 0 unspecified atom stereocenters. The van der Waals surface area contributed by atoms with Crippen LogP contribution in [0.5, 0.6) is 0 Å². The number of carbonyl (C=O) groups excluding carboxylic acids is 2. The Balaban J connectivity index is 1.68. The molecular formula is C25H35FO2. The predicted molar refractivity (Wildman–Crippen MR) is 114 cm³/mol. The van der Waals surface area contributed by atoms with Crippen LogP contribution in [-0.4, -0.2) is 11.6 Å². The SMILES string of the molecule is CCC(=O)CCC/C=C\C[C@H]1CCC[C@@H]1/C=C/C(=O)CCC1=CCCC=C1F. The zero-order chi connectivity index (χ0) is 20.2. The summed E-state index contributed by atoms with van der Waals surface area (Å²) in [6.07, 6.45) is 22.2. The highest BCUT2D eigenvalue weighted by atomic mass is 19.1. The Morgan fingerprint density at radius 2 is 1.96 bits per heavy atom. The molecule has 2 aliphatic rings. The number of allylic oxidation sites excluding steroid dienone is 8. The Labute approximate surface area is 169 Å². The third-order valence-corrected chi connectivity index (χ3v) is 5.90. The van der Waals surface area contributed by atoms with Crippen molar-refractivity contribution in [3.05, 3.63) is 47.9 Å². The van der Waals surface area contributed by atoms with Gasteiger partial charge >= 0.3 is 0 Å². The molecule has 28 heavy (non-hydrogen) atoms. The van der Waals surface area contributed by atoms with Crippen molar-refractivity contribution >= 4 is 11.6 Å². The number of ketones is 2. The van der Waals surface area contributed by atoms with Crippen LogP contribution in [0.4, 0.5) is 4.39 Å². The molecule has 2 nitrogen and oxygen atoms in total. The van der Waals surface area contributed by atoms with Crippen molar-refractivity contribution in [3.63, 3.8) is 0 Å². The van der Waals surface area contributed by atoms with Crippen LogP contribution in [-0.2, 0) is 9.59 Å². The van der Waals surface area contributed by atoms with E-state index in [2.05, 4.69) is 18.2 Å². The average molecular weight is 387 g/mol. The summed E-state index contributed by atoms with van der Waals surface area (Å²) in [6, 6.07) is 0. The van der Waals surface area contributed by atoms with Gasteiger partial charge in [0.05, 0.1) is 0 Å². The molecule has 0 bridgehead atoms. The van der Waals surface area contributed by atoms with Gasteiger partial charge in [-0.05, 0) is 80.9 Å². The van der Waals surface area contributed by atoms with Gasteiger partial charge < -0.3 is 0 Å². The number of rotatable bonds is 12. The highest BCUT2D eigenvalue weighted by Gasteiger charge is 2.24. The molecule has 0 aliphatic heterocycles. The molecule has 154 valence electrons. The van der Waals surface area contributed by atoms with Gasteiger partial charge in [-0.3, -0.25) is 9.59 Å². The van der Waals surface area contributed by atoms with Crippen LogP contribution in [0.15, 0.2) is 47.9 Å². The van der Waals surface area contributed by atoms with Crippen LogP contribution in [0.25, 0.3) is 0 Å². The molecule has 0 heterocycles. The van der Waals surface area contributed by atoms with E-state index in [9.17, 15) is 14.0 Å². The van der Waals surface area contributed by atoms with E-state index in [1.54, 1.807) is 12.2 Å². The number of halogens is 1. The summed E-state index contributed by atoms with van der Waals surface area (Å²) in [5.74, 6) is 1.38. The van der Waals surface area contributed by atoms with Gasteiger partial charge in [-0.15, -0.1) is 0 Å². The van der Waals surface area contributed by atoms with Crippen LogP contribution >= 0.6 is 0 Å². The highest BCUT2D eigenvalue weighted by Crippen LogP contribution is 2.35. The second kappa shape index (κ2) is 12.6. The van der Waals surface area contributed by atoms with E-state index in [1.807, 2.05) is 13.0 Å². The molecule has 0 aromatic carbocycles. The zero-order valence-electron chi connectivity index (χ0n) is 17.3. The van der Waals surface area contributed by atoms with E-state index in [-0.39, 0.29) is 11.6 Å². The van der Waals surface area contributed by atoms with E-state index >= 15 is 0 Å². The van der Waals surface area contributed by atoms with Crippen LogP contribution in [0, 0.1) is 11.8 Å². The molecule has 0 N–H and O–H groups in total. The minimum absolute atomic E-state index is 0.0982. The van der Waals surface area contributed by atoms with E-state index in [1.165, 1.54) is 12.8 Å². The zero-order valence-corrected chi connectivity index (χ0v) is 17.3. The summed E-state index contributed by atoms with van der Waals surface area (Å²) < 4.78 is 13.7. The molecule has 2 atom stereocenters. The van der Waals surface area contributed by atoms with Gasteiger partial charge in [0.1, 0.15) is 11.6 Å². The minimum atomic E-state index is -0.148. The molecule has 0 radical (unpaired) electrons. The van der Waals surface area contributed by atoms with Crippen LogP contribution in [0.3, 0.4) is 0 Å². The van der Waals surface area contributed by atoms with Crippen LogP contribution in [0.1, 0.15) is 84.0 Å². The van der Waals surface area contributed by atoms with Gasteiger partial charge in [-0.1, -0.05) is 37.6 Å². The van der Waals surface area contributed by atoms with E-state index in [0.717, 1.165) is 38.5 Å². The lowest BCUT2D eigenvalue weighted by atomic mass is 9.91. The Hall–Kier alpha value is -1.77. The number of unbranched alkanes of at least 4 members (excludes halogenated alkanes) is 1. The summed E-state index contributed by atoms with van der Waals surface area (Å²) in [5, 5.41) is 0. The fourth-order valence-electron chi connectivity index (χ4n) is 4.08. The third-order valence-electron chi connectivity index (χ3n) is 5.90. The number of Topliss-reactive ketones (excluding diaryl/α,β-unsaturated/α-hetero) is 1. The molecule has 0 amide bonds. The van der Waals surface area contributed by atoms with E-state index < -0.39 is 0 Å². The molecule has 0 saturated heterocycles. The lowest BCUT2D eigenvalue weighted by Crippen LogP contribution is -2.05. The maximum absolute atomic E-state index is 13.7. The molecule has 1 fully saturated rings. The molecule has 1 saturated carbocycles. The normalized spacial score (nSPS) is 22.6. The monoisotopic (exact) mass is 386 g/mol. The van der Waals surface area contributed by atoms with Gasteiger partial charge in [0, 0.05) is 19.3 Å². The number of carbonyl (C=O) groups is 2. The quantitative estimate of drug-likeness (QED) is 0.206. The largest absolute Gasteiger partial charge is 0.300 e. The maximum Gasteiger partial charge on any atom is 0.155 e. The summed E-state index contributed by atoms with van der Waals surface area (Å²) in [5.41, 5.74) is 0.692. The average Bonchev–Trinajstić information content (AvgIpc) is 3.15. The Morgan fingerprint density at radius 1 is 1.14 bits per heavy atom. The van der Waals surface area contributed by atoms with Gasteiger partial charge in [-0.25, -0.2) is 4.39 Å². The van der Waals surface area contributed by atoms with Crippen LogP contribution < -0.4 is 0 Å². The van der Waals surface area contributed by atoms with Crippen molar-refractivity contribution in [2.45, 2.75) is 84.0 Å². The Morgan fingerprint density at radius 3 is 2.75 bits per heavy atom. The van der Waals surface area contributed by atoms with Crippen molar-refractivity contribution < 1.29 is 14.0 Å². The Bertz CT molecular complexity index is 639. The third kappa shape index (κ3) is 8.08. The standard InChI is InChI=1S/C25H35FO2/c1-2-23(27)14-6-4-3-5-10-20-12-9-13-21(20)16-18-24(28)19-17-22-11-7-8-15-25(22)26/h3,5,11,15-16,18,20-21H,2,4,6-10,12-14,17,19H2,1H3/b5-3-,18-16+/t20-,21+/m0/s1. The number of hydrogen-bond donors (Lipinski definition) is 0. The lowest BCUT2D eigenvalue weighted by molar-refractivity contribution is -0.119. The molecule has 0 aromatic rings. The van der Waals surface area contributed by atoms with Gasteiger partial charge in [0.15, 0.2) is 5.78 Å². The van der Waals surface area contributed by atoms with Crippen LogP contribution in [0.2, 0.25) is 0 Å². The fraction of sp³-hybridized carbons (Fsp3) is 0.600. The molecule has 0 aromatic heterocycles. The first-order chi connectivity index (χ1) is 13.6. The first-order valence-electron chi connectivity index (χ1n) is 11.0. The molecule has 3 heteroatoms. The van der Waals surface area contributed by atoms with Crippen molar-refractivity contribution in [3.8, 4) is 0 Å². The topological polar surface area (TPSA) is 34.1 Å². The van der Waals surface area contributed by atoms with E-state index in [4.69, 9.17) is 0 Å². The maximum atomic E-state index is 13.7. The van der Waals surface area contributed by atoms with Crippen molar-refractivity contribution in [1.29, 1.82) is 0 Å². The van der Waals surface area contributed by atoms with Gasteiger partial charge in [-0.2, -0.15) is 0 Å². The summed E-state index contributed by atoms with van der Waals surface area (Å²) in [7, 11) is 0. The van der Waals surface area contributed by atoms with Crippen molar-refractivity contribution in [2.75, 3.05) is 0 Å². The van der Waals surface area contributed by atoms with Crippen molar-refractivity contribution in [2.24, 2.45) is 11.8 Å². The van der Waals surface area contributed by atoms with Gasteiger partial charge in [0.2, 0.25) is 0 Å². The summed E-state index contributed by atoms with van der Waals surface area (Å²) in [4.78, 5) is 23.5.